The van der Waals surface area contributed by atoms with Gasteiger partial charge in [0.05, 0.1) is 0 Å². The largest absolute Gasteiger partial charge is 2.00 e. The number of phosphoric ester groups is 2. The minimum atomic E-state index is -4.99. The van der Waals surface area contributed by atoms with E-state index < -0.39 is 15.6 Å². The van der Waals surface area contributed by atoms with Crippen LogP contribution >= 0.6 is 15.6 Å². The first-order valence-corrected chi connectivity index (χ1v) is 11.4. The minimum absolute atomic E-state index is 0. The Morgan fingerprint density at radius 1 is 0.500 bits per heavy atom. The van der Waals surface area contributed by atoms with Crippen molar-refractivity contribution >= 4 is 135 Å². The fraction of sp³-hybridized carbons (Fsp3) is 0. The smallest absolute Gasteiger partial charge is 0.780 e. The van der Waals surface area contributed by atoms with Crippen molar-refractivity contribution in [1.29, 1.82) is 0 Å². The number of fused-ring (bicyclic) bond motifs is 2. The van der Waals surface area contributed by atoms with Crippen LogP contribution in [0.2, 0.25) is 0 Å². The molecule has 8 nitrogen and oxygen atoms in total. The number of rotatable bonds is 4. The number of hydrogen-bond donors (Lipinski definition) is 0. The molecule has 0 aromatic heterocycles. The van der Waals surface area contributed by atoms with Crippen LogP contribution in [0.1, 0.15) is 0 Å². The SMILES string of the molecule is O=P([O-])([O-])Oc1cccc2ccccc12.O=P([O-])([O-])Oc1cccc2ccccc12.[Ba+2].[Ba+2]. The first kappa shape index (κ1) is 30.5. The zero-order chi connectivity index (χ0) is 21.8. The van der Waals surface area contributed by atoms with Gasteiger partial charge in [-0.2, -0.15) is 0 Å². The van der Waals surface area contributed by atoms with Gasteiger partial charge in [0, 0.05) is 10.8 Å². The minimum Gasteiger partial charge on any atom is -0.780 e. The van der Waals surface area contributed by atoms with Gasteiger partial charge in [-0.15, -0.1) is 0 Å². The third-order valence-electron chi connectivity index (χ3n) is 3.92. The second kappa shape index (κ2) is 13.5. The van der Waals surface area contributed by atoms with Gasteiger partial charge in [-0.25, -0.2) is 0 Å². The van der Waals surface area contributed by atoms with Crippen molar-refractivity contribution in [3.63, 3.8) is 0 Å². The van der Waals surface area contributed by atoms with Crippen molar-refractivity contribution in [2.24, 2.45) is 0 Å². The van der Waals surface area contributed by atoms with Crippen molar-refractivity contribution in [2.45, 2.75) is 0 Å². The summed E-state index contributed by atoms with van der Waals surface area (Å²) >= 11 is 0. The Kier molecular flexibility index (Phi) is 12.9. The van der Waals surface area contributed by atoms with Gasteiger partial charge < -0.3 is 37.8 Å². The summed E-state index contributed by atoms with van der Waals surface area (Å²) in [5.41, 5.74) is 0. The molecule has 0 aliphatic rings. The molecule has 156 valence electrons. The van der Waals surface area contributed by atoms with E-state index in [1.165, 1.54) is 12.1 Å². The van der Waals surface area contributed by atoms with E-state index in [2.05, 4.69) is 9.05 Å². The average molecular weight is 719 g/mol. The van der Waals surface area contributed by atoms with Crippen molar-refractivity contribution < 1.29 is 37.8 Å². The molecule has 0 amide bonds. The average Bonchev–Trinajstić information content (AvgIpc) is 2.67. The van der Waals surface area contributed by atoms with E-state index in [1.807, 2.05) is 36.4 Å². The second-order valence-electron chi connectivity index (χ2n) is 6.03. The van der Waals surface area contributed by atoms with Gasteiger partial charge in [0.15, 0.2) is 0 Å². The third kappa shape index (κ3) is 9.60. The van der Waals surface area contributed by atoms with Gasteiger partial charge in [0.25, 0.3) is 0 Å². The predicted octanol–water partition coefficient (Wildman–Crippen LogP) is 1.33. The molecule has 0 bridgehead atoms. The number of phosphoric acid groups is 2. The molecular formula is C20H14Ba2O8P2. The Hall–Kier alpha value is 0.443. The topological polar surface area (TPSA) is 145 Å². The molecule has 4 aromatic rings. The normalized spacial score (nSPS) is 10.9. The van der Waals surface area contributed by atoms with E-state index in [-0.39, 0.29) is 109 Å². The van der Waals surface area contributed by atoms with Crippen LogP contribution in [0.15, 0.2) is 84.9 Å². The van der Waals surface area contributed by atoms with Crippen molar-refractivity contribution in [3.8, 4) is 11.5 Å². The molecule has 0 unspecified atom stereocenters. The van der Waals surface area contributed by atoms with Crippen molar-refractivity contribution in [2.75, 3.05) is 0 Å². The van der Waals surface area contributed by atoms with E-state index in [1.54, 1.807) is 36.4 Å². The summed E-state index contributed by atoms with van der Waals surface area (Å²) in [5, 5.41) is 2.85. The van der Waals surface area contributed by atoms with Crippen LogP contribution in [0.3, 0.4) is 0 Å². The molecule has 0 atom stereocenters. The Morgan fingerprint density at radius 3 is 1.16 bits per heavy atom. The van der Waals surface area contributed by atoms with E-state index >= 15 is 0 Å². The van der Waals surface area contributed by atoms with Gasteiger partial charge in [0.2, 0.25) is 0 Å². The molecule has 4 aromatic carbocycles. The van der Waals surface area contributed by atoms with Crippen LogP contribution in [0.4, 0.5) is 0 Å². The molecular weight excluding hydrogens is 705 g/mol. The molecule has 12 heteroatoms. The Balaban J connectivity index is 0.000000301. The first-order valence-electron chi connectivity index (χ1n) is 8.51. The summed E-state index contributed by atoms with van der Waals surface area (Å²) in [7, 11) is -9.98. The van der Waals surface area contributed by atoms with Crippen molar-refractivity contribution in [1.82, 2.24) is 0 Å². The molecule has 0 fully saturated rings. The molecule has 32 heavy (non-hydrogen) atoms. The molecule has 0 aliphatic carbocycles. The quantitative estimate of drug-likeness (QED) is 0.227. The van der Waals surface area contributed by atoms with Crippen LogP contribution in [0.5, 0.6) is 11.5 Å². The monoisotopic (exact) mass is 720 g/mol. The Morgan fingerprint density at radius 2 is 0.812 bits per heavy atom. The third-order valence-corrected chi connectivity index (χ3v) is 4.76. The molecule has 0 heterocycles. The number of hydrogen-bond acceptors (Lipinski definition) is 8. The van der Waals surface area contributed by atoms with Crippen molar-refractivity contribution in [3.05, 3.63) is 84.9 Å². The zero-order valence-electron chi connectivity index (χ0n) is 16.7. The van der Waals surface area contributed by atoms with E-state index in [0.717, 1.165) is 10.8 Å². The van der Waals surface area contributed by atoms with Gasteiger partial charge in [0.1, 0.15) is 27.1 Å². The van der Waals surface area contributed by atoms with Crippen LogP contribution in [0.25, 0.3) is 21.5 Å². The maximum atomic E-state index is 10.5. The van der Waals surface area contributed by atoms with Gasteiger partial charge in [-0.05, 0) is 22.9 Å². The van der Waals surface area contributed by atoms with Gasteiger partial charge in [-0.3, -0.25) is 0 Å². The van der Waals surface area contributed by atoms with E-state index in [4.69, 9.17) is 0 Å². The number of benzene rings is 4. The Bertz CT molecular complexity index is 1160. The first-order chi connectivity index (χ1) is 14.1. The fourth-order valence-corrected chi connectivity index (χ4v) is 3.59. The Labute approximate surface area is 265 Å². The zero-order valence-corrected chi connectivity index (χ0v) is 27.3. The summed E-state index contributed by atoms with van der Waals surface area (Å²) in [4.78, 5) is 42.0. The maximum absolute atomic E-state index is 10.5. The summed E-state index contributed by atoms with van der Waals surface area (Å²) < 4.78 is 29.7. The summed E-state index contributed by atoms with van der Waals surface area (Å²) in [6.45, 7) is 0. The van der Waals surface area contributed by atoms with Crippen LogP contribution in [-0.2, 0) is 9.13 Å². The summed E-state index contributed by atoms with van der Waals surface area (Å²) in [5.74, 6) is 0.142. The molecule has 0 spiro atoms. The molecule has 0 saturated heterocycles. The molecule has 0 N–H and O–H groups in total. The van der Waals surface area contributed by atoms with E-state index in [9.17, 15) is 28.7 Å². The van der Waals surface area contributed by atoms with Gasteiger partial charge >= 0.3 is 97.8 Å². The summed E-state index contributed by atoms with van der Waals surface area (Å²) in [6, 6.07) is 23.9. The molecule has 0 aliphatic heterocycles. The predicted molar refractivity (Wildman–Crippen MR) is 116 cm³/mol. The van der Waals surface area contributed by atoms with Crippen LogP contribution in [-0.4, -0.2) is 97.8 Å². The second-order valence-corrected chi connectivity index (χ2v) is 8.19. The maximum Gasteiger partial charge on any atom is 2.00 e. The van der Waals surface area contributed by atoms with Crippen LogP contribution < -0.4 is 28.6 Å². The molecule has 0 radical (unpaired) electrons. The fourth-order valence-electron chi connectivity index (χ4n) is 2.79. The molecule has 0 saturated carbocycles. The standard InChI is InChI=1S/2C10H9O4P.2Ba/c2*11-15(12,13)14-10-7-3-5-8-4-1-2-6-9(8)10;;/h2*1-7H,(H2,11,12,13);;/q;;2*+2/p-4. The van der Waals surface area contributed by atoms with E-state index in [0.29, 0.717) is 10.8 Å². The summed E-state index contributed by atoms with van der Waals surface area (Å²) in [6.07, 6.45) is 0. The van der Waals surface area contributed by atoms with Crippen LogP contribution in [0, 0.1) is 0 Å². The van der Waals surface area contributed by atoms with Gasteiger partial charge in [-0.1, -0.05) is 72.8 Å². The molecule has 4 rings (SSSR count).